The van der Waals surface area contributed by atoms with Gasteiger partial charge in [-0.25, -0.2) is 0 Å². The fourth-order valence-electron chi connectivity index (χ4n) is 3.57. The largest absolute Gasteiger partial charge is 0.381 e. The van der Waals surface area contributed by atoms with Crippen LogP contribution in [0.25, 0.3) is 0 Å². The van der Waals surface area contributed by atoms with Gasteiger partial charge in [0.15, 0.2) is 5.96 Å². The van der Waals surface area contributed by atoms with Crippen molar-refractivity contribution in [2.75, 3.05) is 39.4 Å². The quantitative estimate of drug-likeness (QED) is 0.596. The predicted molar refractivity (Wildman–Crippen MR) is 90.2 cm³/mol. The van der Waals surface area contributed by atoms with Crippen molar-refractivity contribution >= 4 is 5.96 Å². The highest BCUT2D eigenvalue weighted by Crippen LogP contribution is 2.31. The van der Waals surface area contributed by atoms with E-state index in [1.165, 1.54) is 25.9 Å². The molecule has 0 radical (unpaired) electrons. The lowest BCUT2D eigenvalue weighted by Gasteiger charge is -2.23. The Labute approximate surface area is 134 Å². The Balaban J connectivity index is 1.51. The van der Waals surface area contributed by atoms with Gasteiger partial charge in [0.1, 0.15) is 0 Å². The molecular formula is C17H32N4O. The van der Waals surface area contributed by atoms with Crippen LogP contribution in [0, 0.1) is 11.8 Å². The van der Waals surface area contributed by atoms with Gasteiger partial charge in [-0.15, -0.1) is 0 Å². The van der Waals surface area contributed by atoms with Gasteiger partial charge in [0.05, 0.1) is 0 Å². The summed E-state index contributed by atoms with van der Waals surface area (Å²) in [6, 6.07) is 1.41. The molecule has 0 aromatic heterocycles. The van der Waals surface area contributed by atoms with Crippen molar-refractivity contribution in [1.29, 1.82) is 0 Å². The van der Waals surface area contributed by atoms with E-state index in [1.807, 2.05) is 0 Å². The number of rotatable bonds is 5. The SMILES string of the molecule is CCNC(=NCC1CCOCC1)NC1CN(C2CC2)CC1C. The van der Waals surface area contributed by atoms with Crippen molar-refractivity contribution in [3.63, 3.8) is 0 Å². The highest BCUT2D eigenvalue weighted by Gasteiger charge is 2.38. The Morgan fingerprint density at radius 2 is 1.95 bits per heavy atom. The second kappa shape index (κ2) is 7.64. The number of hydrogen-bond acceptors (Lipinski definition) is 3. The molecule has 0 bridgehead atoms. The molecule has 5 nitrogen and oxygen atoms in total. The van der Waals surface area contributed by atoms with E-state index in [0.717, 1.165) is 51.1 Å². The first-order chi connectivity index (χ1) is 10.8. The average molecular weight is 308 g/mol. The van der Waals surface area contributed by atoms with Crippen LogP contribution in [0.2, 0.25) is 0 Å². The molecule has 5 heteroatoms. The van der Waals surface area contributed by atoms with Crippen LogP contribution in [0.5, 0.6) is 0 Å². The summed E-state index contributed by atoms with van der Waals surface area (Å²) in [6.07, 6.45) is 5.10. The first-order valence-corrected chi connectivity index (χ1v) is 9.13. The summed E-state index contributed by atoms with van der Waals surface area (Å²) in [6.45, 7) is 10.6. The van der Waals surface area contributed by atoms with Crippen molar-refractivity contribution in [1.82, 2.24) is 15.5 Å². The zero-order valence-corrected chi connectivity index (χ0v) is 14.2. The maximum atomic E-state index is 5.43. The first-order valence-electron chi connectivity index (χ1n) is 9.13. The third kappa shape index (κ3) is 4.35. The van der Waals surface area contributed by atoms with E-state index in [4.69, 9.17) is 9.73 Å². The average Bonchev–Trinajstić information content (AvgIpc) is 3.31. The third-order valence-corrected chi connectivity index (χ3v) is 5.22. The molecule has 0 aromatic carbocycles. The van der Waals surface area contributed by atoms with Crippen LogP contribution in [0.3, 0.4) is 0 Å². The molecule has 1 aliphatic carbocycles. The maximum absolute atomic E-state index is 5.43. The maximum Gasteiger partial charge on any atom is 0.191 e. The van der Waals surface area contributed by atoms with Crippen LogP contribution in [-0.4, -0.2) is 62.3 Å². The Hall–Kier alpha value is -0.810. The minimum absolute atomic E-state index is 0.535. The predicted octanol–water partition coefficient (Wildman–Crippen LogP) is 1.45. The number of likely N-dealkylation sites (tertiary alicyclic amines) is 1. The fourth-order valence-corrected chi connectivity index (χ4v) is 3.57. The molecular weight excluding hydrogens is 276 g/mol. The van der Waals surface area contributed by atoms with Crippen molar-refractivity contribution < 1.29 is 4.74 Å². The Morgan fingerprint density at radius 1 is 1.18 bits per heavy atom. The molecule has 3 aliphatic rings. The van der Waals surface area contributed by atoms with E-state index in [2.05, 4.69) is 29.4 Å². The number of ether oxygens (including phenoxy) is 1. The van der Waals surface area contributed by atoms with E-state index in [-0.39, 0.29) is 0 Å². The van der Waals surface area contributed by atoms with Gasteiger partial charge in [-0.1, -0.05) is 6.92 Å². The van der Waals surface area contributed by atoms with Crippen LogP contribution in [-0.2, 0) is 4.74 Å². The van der Waals surface area contributed by atoms with Crippen molar-refractivity contribution in [2.45, 2.75) is 51.6 Å². The van der Waals surface area contributed by atoms with Crippen LogP contribution in [0.15, 0.2) is 4.99 Å². The molecule has 0 amide bonds. The summed E-state index contributed by atoms with van der Waals surface area (Å²) in [5, 5.41) is 7.10. The van der Waals surface area contributed by atoms with Crippen LogP contribution in [0.4, 0.5) is 0 Å². The van der Waals surface area contributed by atoms with Crippen molar-refractivity contribution in [3.8, 4) is 0 Å². The zero-order chi connectivity index (χ0) is 15.4. The second-order valence-corrected chi connectivity index (χ2v) is 7.19. The molecule has 2 unspecified atom stereocenters. The lowest BCUT2D eigenvalue weighted by Crippen LogP contribution is -2.46. The highest BCUT2D eigenvalue weighted by molar-refractivity contribution is 5.80. The summed E-state index contributed by atoms with van der Waals surface area (Å²) in [4.78, 5) is 7.50. The number of nitrogens with zero attached hydrogens (tertiary/aromatic N) is 2. The summed E-state index contributed by atoms with van der Waals surface area (Å²) < 4.78 is 5.43. The molecule has 3 fully saturated rings. The summed E-state index contributed by atoms with van der Waals surface area (Å²) in [7, 11) is 0. The Bertz CT molecular complexity index is 377. The first kappa shape index (κ1) is 16.1. The van der Waals surface area contributed by atoms with E-state index in [9.17, 15) is 0 Å². The third-order valence-electron chi connectivity index (χ3n) is 5.22. The van der Waals surface area contributed by atoms with Gasteiger partial charge in [0.25, 0.3) is 0 Å². The Kier molecular flexibility index (Phi) is 5.58. The molecule has 2 atom stereocenters. The van der Waals surface area contributed by atoms with Gasteiger partial charge in [-0.05, 0) is 44.4 Å². The molecule has 0 spiro atoms. The topological polar surface area (TPSA) is 48.9 Å². The highest BCUT2D eigenvalue weighted by atomic mass is 16.5. The molecule has 3 rings (SSSR count). The molecule has 22 heavy (non-hydrogen) atoms. The standard InChI is InChI=1S/C17H32N4O/c1-3-18-17(19-10-14-6-8-22-9-7-14)20-16-12-21(11-13(16)2)15-4-5-15/h13-16H,3-12H2,1-2H3,(H2,18,19,20). The van der Waals surface area contributed by atoms with Crippen LogP contribution < -0.4 is 10.6 Å². The Morgan fingerprint density at radius 3 is 2.64 bits per heavy atom. The number of nitrogens with one attached hydrogen (secondary N) is 2. The molecule has 0 aromatic rings. The normalized spacial score (nSPS) is 31.5. The van der Waals surface area contributed by atoms with E-state index in [1.54, 1.807) is 0 Å². The lowest BCUT2D eigenvalue weighted by atomic mass is 10.0. The summed E-state index contributed by atoms with van der Waals surface area (Å²) in [5.41, 5.74) is 0. The van der Waals surface area contributed by atoms with Gasteiger partial charge in [-0.3, -0.25) is 9.89 Å². The van der Waals surface area contributed by atoms with Crippen molar-refractivity contribution in [2.24, 2.45) is 16.8 Å². The summed E-state index contributed by atoms with van der Waals surface area (Å²) in [5.74, 6) is 2.39. The molecule has 2 heterocycles. The van der Waals surface area contributed by atoms with Crippen molar-refractivity contribution in [3.05, 3.63) is 0 Å². The van der Waals surface area contributed by atoms with Gasteiger partial charge >= 0.3 is 0 Å². The minimum atomic E-state index is 0.535. The molecule has 1 saturated carbocycles. The smallest absolute Gasteiger partial charge is 0.191 e. The lowest BCUT2D eigenvalue weighted by molar-refractivity contribution is 0.0689. The van der Waals surface area contributed by atoms with E-state index in [0.29, 0.717) is 17.9 Å². The molecule has 126 valence electrons. The van der Waals surface area contributed by atoms with Gasteiger partial charge in [-0.2, -0.15) is 0 Å². The summed E-state index contributed by atoms with van der Waals surface area (Å²) >= 11 is 0. The molecule has 2 N–H and O–H groups in total. The van der Waals surface area contributed by atoms with Crippen LogP contribution >= 0.6 is 0 Å². The van der Waals surface area contributed by atoms with Crippen LogP contribution in [0.1, 0.15) is 39.5 Å². The van der Waals surface area contributed by atoms with Gasteiger partial charge in [0.2, 0.25) is 0 Å². The van der Waals surface area contributed by atoms with Gasteiger partial charge in [0, 0.05) is 51.5 Å². The number of guanidine groups is 1. The van der Waals surface area contributed by atoms with Gasteiger partial charge < -0.3 is 15.4 Å². The molecule has 2 saturated heterocycles. The van der Waals surface area contributed by atoms with E-state index >= 15 is 0 Å². The molecule has 2 aliphatic heterocycles. The monoisotopic (exact) mass is 308 g/mol. The number of hydrogen-bond donors (Lipinski definition) is 2. The zero-order valence-electron chi connectivity index (χ0n) is 14.2. The second-order valence-electron chi connectivity index (χ2n) is 7.19. The minimum Gasteiger partial charge on any atom is -0.381 e. The fraction of sp³-hybridized carbons (Fsp3) is 0.941. The number of aliphatic imine (C=N–C) groups is 1. The van der Waals surface area contributed by atoms with E-state index < -0.39 is 0 Å².